The standard InChI is InChI=1S/C12H15N5OS/c1-2-9(12-15-3-4-19-12)17-10-5-7(11(14)18)8(13)6-16-10/h3-6,9H,2,13H2,1H3,(H2,14,18)(H,16,17). The van der Waals surface area contributed by atoms with Crippen molar-refractivity contribution in [3.05, 3.63) is 34.4 Å². The molecule has 0 aliphatic heterocycles. The van der Waals surface area contributed by atoms with Gasteiger partial charge in [-0.05, 0) is 12.5 Å². The highest BCUT2D eigenvalue weighted by atomic mass is 32.1. The van der Waals surface area contributed by atoms with Crippen LogP contribution in [0.3, 0.4) is 0 Å². The number of amides is 1. The summed E-state index contributed by atoms with van der Waals surface area (Å²) >= 11 is 1.57. The summed E-state index contributed by atoms with van der Waals surface area (Å²) < 4.78 is 0. The molecule has 2 aromatic heterocycles. The molecule has 7 heteroatoms. The maximum Gasteiger partial charge on any atom is 0.250 e. The largest absolute Gasteiger partial charge is 0.397 e. The molecule has 0 aliphatic rings. The van der Waals surface area contributed by atoms with Crippen molar-refractivity contribution in [2.45, 2.75) is 19.4 Å². The maximum absolute atomic E-state index is 11.2. The van der Waals surface area contributed by atoms with Crippen molar-refractivity contribution in [2.75, 3.05) is 11.1 Å². The summed E-state index contributed by atoms with van der Waals surface area (Å²) in [6.07, 6.45) is 4.04. The number of rotatable bonds is 5. The average Bonchev–Trinajstić information content (AvgIpc) is 2.91. The number of carbonyl (C=O) groups is 1. The molecule has 0 radical (unpaired) electrons. The van der Waals surface area contributed by atoms with E-state index in [1.807, 2.05) is 12.3 Å². The monoisotopic (exact) mass is 277 g/mol. The number of hydrogen-bond donors (Lipinski definition) is 3. The molecule has 0 spiro atoms. The highest BCUT2D eigenvalue weighted by Gasteiger charge is 2.14. The van der Waals surface area contributed by atoms with Gasteiger partial charge in [0, 0.05) is 11.6 Å². The van der Waals surface area contributed by atoms with Gasteiger partial charge in [-0.3, -0.25) is 4.79 Å². The molecular weight excluding hydrogens is 262 g/mol. The van der Waals surface area contributed by atoms with Crippen LogP contribution in [0.5, 0.6) is 0 Å². The molecule has 0 fully saturated rings. The number of primary amides is 1. The van der Waals surface area contributed by atoms with Crippen LogP contribution in [0, 0.1) is 0 Å². The lowest BCUT2D eigenvalue weighted by molar-refractivity contribution is 0.100. The van der Waals surface area contributed by atoms with Crippen LogP contribution in [-0.4, -0.2) is 15.9 Å². The summed E-state index contributed by atoms with van der Waals surface area (Å²) in [5.41, 5.74) is 11.5. The molecule has 0 aromatic carbocycles. The van der Waals surface area contributed by atoms with Gasteiger partial charge in [0.05, 0.1) is 23.5 Å². The Labute approximate surface area is 114 Å². The molecule has 2 aromatic rings. The number of nitrogens with zero attached hydrogens (tertiary/aromatic N) is 2. The minimum atomic E-state index is -0.565. The highest BCUT2D eigenvalue weighted by molar-refractivity contribution is 7.09. The summed E-state index contributed by atoms with van der Waals surface area (Å²) in [5.74, 6) is -0.00435. The number of nitrogens with two attached hydrogens (primary N) is 2. The Morgan fingerprint density at radius 1 is 1.53 bits per heavy atom. The van der Waals surface area contributed by atoms with Gasteiger partial charge in [0.1, 0.15) is 10.8 Å². The molecule has 1 atom stereocenters. The lowest BCUT2D eigenvalue weighted by Crippen LogP contribution is -2.16. The van der Waals surface area contributed by atoms with E-state index >= 15 is 0 Å². The molecular formula is C12H15N5OS. The topological polar surface area (TPSA) is 107 Å². The van der Waals surface area contributed by atoms with Gasteiger partial charge in [-0.1, -0.05) is 6.92 Å². The zero-order chi connectivity index (χ0) is 13.8. The average molecular weight is 277 g/mol. The van der Waals surface area contributed by atoms with Crippen LogP contribution >= 0.6 is 11.3 Å². The molecule has 2 rings (SSSR count). The maximum atomic E-state index is 11.2. The van der Waals surface area contributed by atoms with E-state index in [1.54, 1.807) is 23.6 Å². The summed E-state index contributed by atoms with van der Waals surface area (Å²) in [6, 6.07) is 1.62. The Kier molecular flexibility index (Phi) is 3.96. The fourth-order valence-electron chi connectivity index (χ4n) is 1.68. The molecule has 1 amide bonds. The number of nitrogen functional groups attached to an aromatic ring is 1. The van der Waals surface area contributed by atoms with E-state index in [4.69, 9.17) is 11.5 Å². The third kappa shape index (κ3) is 3.00. The normalized spacial score (nSPS) is 12.1. The van der Waals surface area contributed by atoms with Crippen LogP contribution in [0.1, 0.15) is 34.8 Å². The van der Waals surface area contributed by atoms with E-state index in [-0.39, 0.29) is 17.3 Å². The van der Waals surface area contributed by atoms with Gasteiger partial charge < -0.3 is 16.8 Å². The quantitative estimate of drug-likeness (QED) is 0.772. The number of hydrogen-bond acceptors (Lipinski definition) is 6. The Morgan fingerprint density at radius 2 is 2.32 bits per heavy atom. The molecule has 19 heavy (non-hydrogen) atoms. The zero-order valence-corrected chi connectivity index (χ0v) is 11.3. The number of thiazole rings is 1. The zero-order valence-electron chi connectivity index (χ0n) is 10.5. The molecule has 0 bridgehead atoms. The molecule has 2 heterocycles. The van der Waals surface area contributed by atoms with E-state index in [9.17, 15) is 4.79 Å². The number of aromatic nitrogens is 2. The fourth-order valence-corrected chi connectivity index (χ4v) is 2.45. The van der Waals surface area contributed by atoms with Crippen LogP contribution in [-0.2, 0) is 0 Å². The first-order chi connectivity index (χ1) is 9.11. The summed E-state index contributed by atoms with van der Waals surface area (Å²) in [5, 5.41) is 6.12. The predicted molar refractivity (Wildman–Crippen MR) is 75.9 cm³/mol. The van der Waals surface area contributed by atoms with E-state index in [0.717, 1.165) is 11.4 Å². The first-order valence-corrected chi connectivity index (χ1v) is 6.71. The second-order valence-corrected chi connectivity index (χ2v) is 4.92. The number of nitrogens with one attached hydrogen (secondary N) is 1. The molecule has 1 unspecified atom stereocenters. The minimum Gasteiger partial charge on any atom is -0.397 e. The third-order valence-corrected chi connectivity index (χ3v) is 3.57. The summed E-state index contributed by atoms with van der Waals surface area (Å²) in [6.45, 7) is 2.05. The van der Waals surface area contributed by atoms with Crippen LogP contribution < -0.4 is 16.8 Å². The Bertz CT molecular complexity index is 570. The van der Waals surface area contributed by atoms with Gasteiger partial charge in [-0.15, -0.1) is 11.3 Å². The smallest absolute Gasteiger partial charge is 0.250 e. The number of pyridine rings is 1. The van der Waals surface area contributed by atoms with Gasteiger partial charge >= 0.3 is 0 Å². The fraction of sp³-hybridized carbons (Fsp3) is 0.250. The SMILES string of the molecule is CCC(Nc1cc(C(N)=O)c(N)cn1)c1nccs1. The predicted octanol–water partition coefficient (Wildman–Crippen LogP) is 1.78. The summed E-state index contributed by atoms with van der Waals surface area (Å²) in [7, 11) is 0. The van der Waals surface area contributed by atoms with E-state index in [2.05, 4.69) is 15.3 Å². The number of anilines is 2. The molecule has 0 saturated heterocycles. The van der Waals surface area contributed by atoms with E-state index in [0.29, 0.717) is 5.82 Å². The van der Waals surface area contributed by atoms with Crippen molar-refractivity contribution in [3.8, 4) is 0 Å². The lowest BCUT2D eigenvalue weighted by Gasteiger charge is -2.15. The van der Waals surface area contributed by atoms with Gasteiger partial charge in [0.2, 0.25) is 0 Å². The Balaban J connectivity index is 2.23. The highest BCUT2D eigenvalue weighted by Crippen LogP contribution is 2.24. The van der Waals surface area contributed by atoms with Gasteiger partial charge in [-0.25, -0.2) is 9.97 Å². The first kappa shape index (κ1) is 13.3. The second-order valence-electron chi connectivity index (χ2n) is 4.00. The van der Waals surface area contributed by atoms with Crippen LogP contribution in [0.15, 0.2) is 23.8 Å². The van der Waals surface area contributed by atoms with Gasteiger partial charge in [0.15, 0.2) is 0 Å². The van der Waals surface area contributed by atoms with Crippen molar-refractivity contribution in [1.82, 2.24) is 9.97 Å². The first-order valence-electron chi connectivity index (χ1n) is 5.83. The minimum absolute atomic E-state index is 0.0526. The molecule has 0 aliphatic carbocycles. The van der Waals surface area contributed by atoms with E-state index < -0.39 is 5.91 Å². The molecule has 6 nitrogen and oxygen atoms in total. The van der Waals surface area contributed by atoms with Crippen LogP contribution in [0.2, 0.25) is 0 Å². The van der Waals surface area contributed by atoms with E-state index in [1.165, 1.54) is 6.20 Å². The lowest BCUT2D eigenvalue weighted by atomic mass is 10.2. The van der Waals surface area contributed by atoms with Crippen molar-refractivity contribution in [2.24, 2.45) is 5.73 Å². The number of carbonyl (C=O) groups excluding carboxylic acids is 1. The second kappa shape index (κ2) is 5.66. The molecule has 0 saturated carbocycles. The van der Waals surface area contributed by atoms with Crippen LogP contribution in [0.4, 0.5) is 11.5 Å². The van der Waals surface area contributed by atoms with Crippen molar-refractivity contribution < 1.29 is 4.79 Å². The third-order valence-electron chi connectivity index (χ3n) is 2.68. The van der Waals surface area contributed by atoms with Gasteiger partial charge in [-0.2, -0.15) is 0 Å². The van der Waals surface area contributed by atoms with Crippen molar-refractivity contribution in [1.29, 1.82) is 0 Å². The Hall–Kier alpha value is -2.15. The molecule has 5 N–H and O–H groups in total. The van der Waals surface area contributed by atoms with Crippen LogP contribution in [0.25, 0.3) is 0 Å². The van der Waals surface area contributed by atoms with Crippen molar-refractivity contribution >= 4 is 28.7 Å². The molecule has 100 valence electrons. The van der Waals surface area contributed by atoms with Crippen molar-refractivity contribution in [3.63, 3.8) is 0 Å². The van der Waals surface area contributed by atoms with Gasteiger partial charge in [0.25, 0.3) is 5.91 Å². The Morgan fingerprint density at radius 3 is 2.89 bits per heavy atom. The summed E-state index contributed by atoms with van der Waals surface area (Å²) in [4.78, 5) is 19.7.